The van der Waals surface area contributed by atoms with Crippen molar-refractivity contribution in [1.29, 1.82) is 0 Å². The Kier molecular flexibility index (Phi) is 9.32. The molecule has 0 fully saturated rings. The Balaban J connectivity index is 1.55. The number of carbonyl (C=O) groups excluding carboxylic acids is 1. The number of aliphatic hydroxyl groups is 1. The lowest BCUT2D eigenvalue weighted by Gasteiger charge is -2.14. The van der Waals surface area contributed by atoms with Gasteiger partial charge in [0, 0.05) is 24.3 Å². The van der Waals surface area contributed by atoms with E-state index in [1.807, 2.05) is 66.1 Å². The van der Waals surface area contributed by atoms with Crippen molar-refractivity contribution in [1.82, 2.24) is 14.9 Å². The third-order valence-electron chi connectivity index (χ3n) is 5.47. The molecule has 0 bridgehead atoms. The number of carbonyl (C=O) groups is 1. The first-order valence-corrected chi connectivity index (χ1v) is 11.6. The number of para-hydroxylation sites is 2. The highest BCUT2D eigenvalue weighted by Gasteiger charge is 2.14. The molecule has 0 aliphatic rings. The minimum Gasteiger partial charge on any atom is -0.491 e. The molecule has 0 unspecified atom stereocenters. The number of unbranched alkanes of at least 4 members (excludes halogenated alkanes) is 2. The van der Waals surface area contributed by atoms with E-state index in [1.54, 1.807) is 0 Å². The largest absolute Gasteiger partial charge is 0.491 e. The van der Waals surface area contributed by atoms with Crippen LogP contribution in [0.15, 0.2) is 54.6 Å². The maximum atomic E-state index is 12.2. The van der Waals surface area contributed by atoms with E-state index >= 15 is 0 Å². The van der Waals surface area contributed by atoms with Crippen molar-refractivity contribution >= 4 is 11.7 Å². The number of hydrogen-bond acceptors (Lipinski definition) is 4. The second-order valence-electron chi connectivity index (χ2n) is 7.92. The summed E-state index contributed by atoms with van der Waals surface area (Å²) in [5.74, 6) is 1.28. The van der Waals surface area contributed by atoms with Gasteiger partial charge in [0.15, 0.2) is 0 Å². The maximum absolute atomic E-state index is 12.2. The fourth-order valence-electron chi connectivity index (χ4n) is 3.72. The van der Waals surface area contributed by atoms with Gasteiger partial charge in [-0.05, 0) is 31.9 Å². The molecule has 0 atom stereocenters. The molecule has 1 heterocycles. The summed E-state index contributed by atoms with van der Waals surface area (Å²) < 4.78 is 8.01. The first-order chi connectivity index (χ1) is 16.1. The van der Waals surface area contributed by atoms with Crippen LogP contribution >= 0.6 is 0 Å². The van der Waals surface area contributed by atoms with Crippen LogP contribution in [-0.2, 0) is 13.2 Å². The first-order valence-electron chi connectivity index (χ1n) is 11.6. The van der Waals surface area contributed by atoms with Gasteiger partial charge in [-0.1, -0.05) is 62.2 Å². The van der Waals surface area contributed by atoms with Crippen LogP contribution in [0.25, 0.3) is 11.3 Å². The zero-order valence-electron chi connectivity index (χ0n) is 19.5. The minimum absolute atomic E-state index is 0.116. The lowest BCUT2D eigenvalue weighted by Crippen LogP contribution is -2.29. The number of nitrogens with zero attached hydrogens (tertiary/aromatic N) is 2. The highest BCUT2D eigenvalue weighted by molar-refractivity contribution is 5.90. The number of aliphatic hydroxyl groups excluding tert-OH is 1. The SMILES string of the molecule is CCCCCNC(=O)Nc1ccccc1OCCCn1c(CO)nc(-c2ccccc2)c1C. The van der Waals surface area contributed by atoms with Crippen LogP contribution in [0.2, 0.25) is 0 Å². The summed E-state index contributed by atoms with van der Waals surface area (Å²) in [7, 11) is 0. The summed E-state index contributed by atoms with van der Waals surface area (Å²) in [6.07, 6.45) is 3.92. The fraction of sp³-hybridized carbons (Fsp3) is 0.385. The minimum atomic E-state index is -0.225. The zero-order valence-corrected chi connectivity index (χ0v) is 19.5. The second-order valence-corrected chi connectivity index (χ2v) is 7.92. The van der Waals surface area contributed by atoms with Gasteiger partial charge in [-0.25, -0.2) is 9.78 Å². The van der Waals surface area contributed by atoms with Crippen LogP contribution < -0.4 is 15.4 Å². The van der Waals surface area contributed by atoms with E-state index < -0.39 is 0 Å². The smallest absolute Gasteiger partial charge is 0.319 e. The number of hydrogen-bond donors (Lipinski definition) is 3. The number of imidazole rings is 1. The monoisotopic (exact) mass is 450 g/mol. The lowest BCUT2D eigenvalue weighted by atomic mass is 10.1. The molecule has 0 radical (unpaired) electrons. The molecule has 0 saturated carbocycles. The predicted octanol–water partition coefficient (Wildman–Crippen LogP) is 5.13. The van der Waals surface area contributed by atoms with E-state index in [0.29, 0.717) is 37.0 Å². The van der Waals surface area contributed by atoms with E-state index in [9.17, 15) is 9.90 Å². The van der Waals surface area contributed by atoms with E-state index in [4.69, 9.17) is 4.74 Å². The van der Waals surface area contributed by atoms with Gasteiger partial charge in [0.25, 0.3) is 0 Å². The van der Waals surface area contributed by atoms with Crippen molar-refractivity contribution in [2.75, 3.05) is 18.5 Å². The maximum Gasteiger partial charge on any atom is 0.319 e. The number of amides is 2. The van der Waals surface area contributed by atoms with Crippen molar-refractivity contribution in [2.24, 2.45) is 0 Å². The van der Waals surface area contributed by atoms with Crippen molar-refractivity contribution in [2.45, 2.75) is 52.7 Å². The van der Waals surface area contributed by atoms with E-state index in [2.05, 4.69) is 22.5 Å². The normalized spacial score (nSPS) is 10.8. The number of anilines is 1. The van der Waals surface area contributed by atoms with Gasteiger partial charge in [-0.3, -0.25) is 0 Å². The standard InChI is InChI=1S/C26H34N4O3/c1-3-4-10-16-27-26(32)28-22-14-8-9-15-23(22)33-18-11-17-30-20(2)25(29-24(30)19-31)21-12-6-5-7-13-21/h5-9,12-15,31H,3-4,10-11,16-19H2,1-2H3,(H2,27,28,32). The molecule has 0 spiro atoms. The molecule has 3 aromatic rings. The highest BCUT2D eigenvalue weighted by Crippen LogP contribution is 2.25. The number of aromatic nitrogens is 2. The Morgan fingerprint density at radius 1 is 1.06 bits per heavy atom. The summed E-state index contributed by atoms with van der Waals surface area (Å²) in [4.78, 5) is 16.8. The van der Waals surface area contributed by atoms with Crippen LogP contribution in [0, 0.1) is 6.92 Å². The van der Waals surface area contributed by atoms with Gasteiger partial charge in [-0.15, -0.1) is 0 Å². The van der Waals surface area contributed by atoms with Crippen LogP contribution in [0.3, 0.4) is 0 Å². The van der Waals surface area contributed by atoms with Crippen LogP contribution in [0.5, 0.6) is 5.75 Å². The molecule has 3 N–H and O–H groups in total. The van der Waals surface area contributed by atoms with Crippen LogP contribution in [-0.4, -0.2) is 33.8 Å². The van der Waals surface area contributed by atoms with Crippen molar-refractivity contribution in [3.05, 3.63) is 66.1 Å². The molecular formula is C26H34N4O3. The second kappa shape index (κ2) is 12.6. The average molecular weight is 451 g/mol. The molecule has 2 aromatic carbocycles. The number of rotatable bonds is 12. The van der Waals surface area contributed by atoms with Gasteiger partial charge >= 0.3 is 6.03 Å². The summed E-state index contributed by atoms with van der Waals surface area (Å²) in [5.41, 5.74) is 3.59. The Bertz CT molecular complexity index is 1020. The molecule has 0 aliphatic carbocycles. The van der Waals surface area contributed by atoms with E-state index in [0.717, 1.165) is 42.6 Å². The molecule has 7 nitrogen and oxygen atoms in total. The summed E-state index contributed by atoms with van der Waals surface area (Å²) >= 11 is 0. The molecule has 3 rings (SSSR count). The summed E-state index contributed by atoms with van der Waals surface area (Å²) in [5, 5.41) is 15.5. The van der Waals surface area contributed by atoms with E-state index in [1.165, 1.54) is 0 Å². The summed E-state index contributed by atoms with van der Waals surface area (Å²) in [6.45, 7) is 5.84. The predicted molar refractivity (Wildman–Crippen MR) is 131 cm³/mol. The topological polar surface area (TPSA) is 88.4 Å². The number of ether oxygens (including phenoxy) is 1. The number of urea groups is 1. The van der Waals surface area contributed by atoms with Gasteiger partial charge in [0.05, 0.1) is 18.0 Å². The van der Waals surface area contributed by atoms with Gasteiger partial charge in [0.2, 0.25) is 0 Å². The molecule has 7 heteroatoms. The summed E-state index contributed by atoms with van der Waals surface area (Å²) in [6, 6.07) is 17.2. The third-order valence-corrected chi connectivity index (χ3v) is 5.47. The molecule has 176 valence electrons. The first kappa shape index (κ1) is 24.3. The van der Waals surface area contributed by atoms with Crippen LogP contribution in [0.4, 0.5) is 10.5 Å². The Morgan fingerprint density at radius 3 is 2.58 bits per heavy atom. The van der Waals surface area contributed by atoms with Crippen LogP contribution in [0.1, 0.15) is 44.1 Å². The lowest BCUT2D eigenvalue weighted by molar-refractivity contribution is 0.251. The van der Waals surface area contributed by atoms with Gasteiger partial charge < -0.3 is 25.0 Å². The molecule has 2 amide bonds. The molecular weight excluding hydrogens is 416 g/mol. The van der Waals surface area contributed by atoms with Crippen molar-refractivity contribution in [3.63, 3.8) is 0 Å². The zero-order chi connectivity index (χ0) is 23.5. The van der Waals surface area contributed by atoms with Gasteiger partial charge in [0.1, 0.15) is 18.2 Å². The van der Waals surface area contributed by atoms with Gasteiger partial charge in [-0.2, -0.15) is 0 Å². The van der Waals surface area contributed by atoms with Crippen molar-refractivity contribution < 1.29 is 14.6 Å². The van der Waals surface area contributed by atoms with Crippen molar-refractivity contribution in [3.8, 4) is 17.0 Å². The molecule has 0 saturated heterocycles. The molecule has 33 heavy (non-hydrogen) atoms. The quantitative estimate of drug-likeness (QED) is 0.334. The molecule has 1 aromatic heterocycles. The fourth-order valence-corrected chi connectivity index (χ4v) is 3.72. The highest BCUT2D eigenvalue weighted by atomic mass is 16.5. The number of nitrogens with one attached hydrogen (secondary N) is 2. The average Bonchev–Trinajstić information content (AvgIpc) is 3.16. The Morgan fingerprint density at radius 2 is 1.82 bits per heavy atom. The van der Waals surface area contributed by atoms with E-state index in [-0.39, 0.29) is 12.6 Å². The third kappa shape index (κ3) is 6.83. The Labute approximate surface area is 195 Å². The molecule has 0 aliphatic heterocycles. The number of benzene rings is 2. The Hall–Kier alpha value is -3.32.